The quantitative estimate of drug-likeness (QED) is 0.419. The Morgan fingerprint density at radius 3 is 2.50 bits per heavy atom. The lowest BCUT2D eigenvalue weighted by molar-refractivity contribution is 1.45. The molecule has 0 unspecified atom stereocenters. The Morgan fingerprint density at radius 2 is 2.33 bits per heavy atom. The van der Waals surface area contributed by atoms with Gasteiger partial charge in [0.2, 0.25) is 0 Å². The van der Waals surface area contributed by atoms with Gasteiger partial charge >= 0.3 is 0 Å². The molecule has 1 nitrogen and oxygen atoms in total. The number of hydrogen-bond acceptors (Lipinski definition) is 1. The second-order valence-electron chi connectivity index (χ2n) is 1.55. The lowest BCUT2D eigenvalue weighted by atomic mass is 10.5. The molecule has 0 aromatic rings. The molecule has 1 heteroatoms. The van der Waals surface area contributed by atoms with Crippen LogP contribution in [0.15, 0.2) is 4.99 Å². The summed E-state index contributed by atoms with van der Waals surface area (Å²) in [4.78, 5) is 3.84. The van der Waals surface area contributed by atoms with Gasteiger partial charge in [0.1, 0.15) is 0 Å². The first-order valence-corrected chi connectivity index (χ1v) is 2.20. The monoisotopic (exact) mass is 82.1 g/mol. The van der Waals surface area contributed by atoms with E-state index in [0.29, 0.717) is 0 Å². The van der Waals surface area contributed by atoms with Crippen molar-refractivity contribution in [2.45, 2.75) is 12.8 Å². The molecule has 1 aliphatic carbocycles. The minimum atomic E-state index is 1.29. The maximum Gasteiger partial charge on any atom is 0.0273 e. The first kappa shape index (κ1) is 3.85. The standard InChI is InChI=1S/C5H8N/c1-6-4-5-2-3-5/h4H,2-3H2,1H3/b6-4-. The van der Waals surface area contributed by atoms with Crippen molar-refractivity contribution < 1.29 is 0 Å². The molecule has 1 fully saturated rings. The van der Waals surface area contributed by atoms with Gasteiger partial charge in [-0.3, -0.25) is 0 Å². The van der Waals surface area contributed by atoms with E-state index in [9.17, 15) is 0 Å². The minimum absolute atomic E-state index is 1.29. The average Bonchev–Trinajstić information content (AvgIpc) is 2.21. The van der Waals surface area contributed by atoms with E-state index in [2.05, 4.69) is 4.99 Å². The van der Waals surface area contributed by atoms with Gasteiger partial charge < -0.3 is 4.99 Å². The molecule has 0 aromatic heterocycles. The van der Waals surface area contributed by atoms with Gasteiger partial charge in [0.25, 0.3) is 0 Å². The Labute approximate surface area is 38.1 Å². The molecule has 0 aromatic carbocycles. The topological polar surface area (TPSA) is 12.4 Å². The van der Waals surface area contributed by atoms with Gasteiger partial charge in [-0.05, 0) is 12.8 Å². The van der Waals surface area contributed by atoms with Gasteiger partial charge in [0.05, 0.1) is 0 Å². The van der Waals surface area contributed by atoms with Gasteiger partial charge in [0.15, 0.2) is 0 Å². The van der Waals surface area contributed by atoms with E-state index in [1.165, 1.54) is 18.8 Å². The average molecular weight is 82.1 g/mol. The second kappa shape index (κ2) is 1.41. The van der Waals surface area contributed by atoms with Crippen LogP contribution in [-0.4, -0.2) is 13.3 Å². The molecule has 0 amide bonds. The van der Waals surface area contributed by atoms with Gasteiger partial charge in [-0.2, -0.15) is 0 Å². The highest BCUT2D eigenvalue weighted by molar-refractivity contribution is 5.78. The van der Waals surface area contributed by atoms with Crippen molar-refractivity contribution in [3.8, 4) is 0 Å². The van der Waals surface area contributed by atoms with Crippen LogP contribution >= 0.6 is 0 Å². The van der Waals surface area contributed by atoms with E-state index in [1.54, 1.807) is 0 Å². The Hall–Kier alpha value is -0.330. The van der Waals surface area contributed by atoms with Gasteiger partial charge in [-0.1, -0.05) is 0 Å². The summed E-state index contributed by atoms with van der Waals surface area (Å²) in [5.41, 5.74) is 0. The predicted molar refractivity (Wildman–Crippen MR) is 26.9 cm³/mol. The zero-order valence-corrected chi connectivity index (χ0v) is 3.94. The van der Waals surface area contributed by atoms with E-state index >= 15 is 0 Å². The van der Waals surface area contributed by atoms with Crippen molar-refractivity contribution in [2.24, 2.45) is 4.99 Å². The fraction of sp³-hybridized carbons (Fsp3) is 0.600. The summed E-state index contributed by atoms with van der Waals surface area (Å²) in [5, 5.41) is 0. The second-order valence-corrected chi connectivity index (χ2v) is 1.55. The van der Waals surface area contributed by atoms with Crippen LogP contribution in [0, 0.1) is 5.92 Å². The zero-order valence-electron chi connectivity index (χ0n) is 3.94. The van der Waals surface area contributed by atoms with Crippen LogP contribution < -0.4 is 0 Å². The van der Waals surface area contributed by atoms with Crippen molar-refractivity contribution in [3.63, 3.8) is 0 Å². The molecule has 1 aliphatic rings. The fourth-order valence-electron chi connectivity index (χ4n) is 0.384. The number of aliphatic imine (C=N–C) groups is 1. The van der Waals surface area contributed by atoms with E-state index in [1.807, 2.05) is 13.3 Å². The van der Waals surface area contributed by atoms with Gasteiger partial charge in [-0.15, -0.1) is 0 Å². The maximum absolute atomic E-state index is 3.84. The van der Waals surface area contributed by atoms with Crippen molar-refractivity contribution in [3.05, 3.63) is 5.92 Å². The molecular weight excluding hydrogens is 74.1 g/mol. The molecule has 0 spiro atoms. The summed E-state index contributed by atoms with van der Waals surface area (Å²) < 4.78 is 0. The molecule has 0 aliphatic heterocycles. The van der Waals surface area contributed by atoms with Crippen molar-refractivity contribution in [2.75, 3.05) is 7.05 Å². The predicted octanol–water partition coefficient (Wildman–Crippen LogP) is 1.06. The molecule has 0 N–H and O–H groups in total. The molecule has 0 saturated heterocycles. The zero-order chi connectivity index (χ0) is 4.41. The SMILES string of the molecule is C/N=C\[C]1CC1. The Kier molecular flexibility index (Phi) is 0.906. The third-order valence-corrected chi connectivity index (χ3v) is 0.850. The molecular formula is C5H8N. The minimum Gasteiger partial charge on any atom is -0.300 e. The van der Waals surface area contributed by atoms with Crippen molar-refractivity contribution in [1.29, 1.82) is 0 Å². The Bertz CT molecular complexity index is 62.3. The van der Waals surface area contributed by atoms with E-state index in [4.69, 9.17) is 0 Å². The van der Waals surface area contributed by atoms with Crippen LogP contribution in [0.2, 0.25) is 0 Å². The van der Waals surface area contributed by atoms with E-state index < -0.39 is 0 Å². The van der Waals surface area contributed by atoms with Crippen LogP contribution in [0.4, 0.5) is 0 Å². The highest BCUT2D eigenvalue weighted by Crippen LogP contribution is 2.28. The lowest BCUT2D eigenvalue weighted by Crippen LogP contribution is -1.67. The number of rotatable bonds is 1. The van der Waals surface area contributed by atoms with Crippen molar-refractivity contribution >= 4 is 6.21 Å². The lowest BCUT2D eigenvalue weighted by Gasteiger charge is -1.68. The third kappa shape index (κ3) is 0.814. The van der Waals surface area contributed by atoms with Crippen molar-refractivity contribution in [1.82, 2.24) is 0 Å². The highest BCUT2D eigenvalue weighted by atomic mass is 14.6. The summed E-state index contributed by atoms with van der Waals surface area (Å²) in [7, 11) is 1.81. The molecule has 0 atom stereocenters. The van der Waals surface area contributed by atoms with Crippen LogP contribution in [0.1, 0.15) is 12.8 Å². The smallest absolute Gasteiger partial charge is 0.0273 e. The summed E-state index contributed by atoms with van der Waals surface area (Å²) in [6.07, 6.45) is 4.52. The Morgan fingerprint density at radius 1 is 1.67 bits per heavy atom. The summed E-state index contributed by atoms with van der Waals surface area (Å²) in [6, 6.07) is 0. The van der Waals surface area contributed by atoms with Crippen LogP contribution in [0.25, 0.3) is 0 Å². The molecule has 6 heavy (non-hydrogen) atoms. The Balaban J connectivity index is 2.15. The third-order valence-electron chi connectivity index (χ3n) is 0.850. The van der Waals surface area contributed by atoms with E-state index in [0.717, 1.165) is 0 Å². The van der Waals surface area contributed by atoms with Crippen LogP contribution in [0.3, 0.4) is 0 Å². The maximum atomic E-state index is 3.84. The van der Waals surface area contributed by atoms with E-state index in [-0.39, 0.29) is 0 Å². The largest absolute Gasteiger partial charge is 0.300 e. The normalized spacial score (nSPS) is 22.8. The highest BCUT2D eigenvalue weighted by Gasteiger charge is 2.18. The molecule has 0 heterocycles. The van der Waals surface area contributed by atoms with Crippen LogP contribution in [-0.2, 0) is 0 Å². The first-order valence-electron chi connectivity index (χ1n) is 2.20. The first-order chi connectivity index (χ1) is 2.93. The molecule has 0 bridgehead atoms. The van der Waals surface area contributed by atoms with Gasteiger partial charge in [0, 0.05) is 19.2 Å². The van der Waals surface area contributed by atoms with Crippen LogP contribution in [0.5, 0.6) is 0 Å². The number of hydrogen-bond donors (Lipinski definition) is 0. The molecule has 1 radical (unpaired) electrons. The molecule has 33 valence electrons. The number of nitrogens with zero attached hydrogens (tertiary/aromatic N) is 1. The summed E-state index contributed by atoms with van der Waals surface area (Å²) in [6.45, 7) is 0. The molecule has 1 saturated carbocycles. The summed E-state index contributed by atoms with van der Waals surface area (Å²) >= 11 is 0. The molecule has 1 rings (SSSR count). The fourth-order valence-corrected chi connectivity index (χ4v) is 0.384. The van der Waals surface area contributed by atoms with Gasteiger partial charge in [-0.25, -0.2) is 0 Å². The summed E-state index contributed by atoms with van der Waals surface area (Å²) in [5.74, 6) is 1.50.